The largest absolute Gasteiger partial charge is 0.338 e. The number of rotatable bonds is 2. The number of fused-ring (bicyclic) bond motifs is 1. The van der Waals surface area contributed by atoms with Crippen LogP contribution in [0.2, 0.25) is 0 Å². The lowest BCUT2D eigenvalue weighted by Gasteiger charge is -2.15. The van der Waals surface area contributed by atoms with Gasteiger partial charge < -0.3 is 9.47 Å². The van der Waals surface area contributed by atoms with Crippen LogP contribution in [0.1, 0.15) is 18.5 Å². The molecule has 0 saturated carbocycles. The first-order valence-corrected chi connectivity index (χ1v) is 5.85. The van der Waals surface area contributed by atoms with Gasteiger partial charge in [-0.25, -0.2) is 0 Å². The lowest BCUT2D eigenvalue weighted by atomic mass is 10.1. The molecule has 86 valence electrons. The number of amides is 1. The van der Waals surface area contributed by atoms with Crippen LogP contribution in [0.3, 0.4) is 0 Å². The molecule has 0 bridgehead atoms. The third-order valence-electron chi connectivity index (χ3n) is 3.26. The Kier molecular flexibility index (Phi) is 2.25. The minimum absolute atomic E-state index is 0.157. The van der Waals surface area contributed by atoms with Crippen LogP contribution in [0.25, 0.3) is 0 Å². The average Bonchev–Trinajstić information content (AvgIpc) is 2.93. The number of para-hydroxylation sites is 1. The van der Waals surface area contributed by atoms with E-state index >= 15 is 0 Å². The molecule has 1 aromatic heterocycles. The molecule has 0 aliphatic carbocycles. The fraction of sp³-hybridized carbons (Fsp3) is 0.214. The Morgan fingerprint density at radius 2 is 1.82 bits per heavy atom. The summed E-state index contributed by atoms with van der Waals surface area (Å²) >= 11 is 0. The lowest BCUT2D eigenvalue weighted by molar-refractivity contribution is -0.119. The van der Waals surface area contributed by atoms with E-state index in [-0.39, 0.29) is 11.9 Å². The Balaban J connectivity index is 2.15. The second kappa shape index (κ2) is 3.77. The lowest BCUT2D eigenvalue weighted by Crippen LogP contribution is -2.30. The van der Waals surface area contributed by atoms with E-state index in [1.54, 1.807) is 0 Å². The number of carbonyl (C=O) groups excluding carboxylic acids is 1. The molecular formula is C14H14N2O. The maximum Gasteiger partial charge on any atom is 0.254 e. The zero-order valence-electron chi connectivity index (χ0n) is 9.71. The van der Waals surface area contributed by atoms with E-state index in [1.165, 1.54) is 0 Å². The van der Waals surface area contributed by atoms with Gasteiger partial charge in [0, 0.05) is 30.2 Å². The Morgan fingerprint density at radius 3 is 2.53 bits per heavy atom. The van der Waals surface area contributed by atoms with Crippen LogP contribution >= 0.6 is 0 Å². The van der Waals surface area contributed by atoms with Crippen molar-refractivity contribution in [2.75, 3.05) is 11.4 Å². The molecule has 3 heteroatoms. The maximum absolute atomic E-state index is 12.4. The standard InChI is InChI=1S/C14H14N2O/c1-2-16-12-8-4-3-7-11(12)13(14(16)17)15-9-5-6-10-15/h3-10,13H,2H2,1H3. The summed E-state index contributed by atoms with van der Waals surface area (Å²) in [5.41, 5.74) is 2.13. The highest BCUT2D eigenvalue weighted by Crippen LogP contribution is 2.37. The van der Waals surface area contributed by atoms with Crippen molar-refractivity contribution >= 4 is 11.6 Å². The first kappa shape index (κ1) is 10.1. The zero-order valence-corrected chi connectivity index (χ0v) is 9.71. The number of nitrogens with zero attached hydrogens (tertiary/aromatic N) is 2. The van der Waals surface area contributed by atoms with Crippen LogP contribution < -0.4 is 4.90 Å². The van der Waals surface area contributed by atoms with Crippen LogP contribution in [0.5, 0.6) is 0 Å². The summed E-state index contributed by atoms with van der Waals surface area (Å²) in [4.78, 5) is 14.2. The molecule has 1 aromatic carbocycles. The van der Waals surface area contributed by atoms with E-state index < -0.39 is 0 Å². The van der Waals surface area contributed by atoms with E-state index in [1.807, 2.05) is 65.2 Å². The molecule has 1 unspecified atom stereocenters. The van der Waals surface area contributed by atoms with Gasteiger partial charge in [0.15, 0.2) is 0 Å². The van der Waals surface area contributed by atoms with Gasteiger partial charge in [0.1, 0.15) is 6.04 Å². The molecule has 0 N–H and O–H groups in total. The molecule has 3 rings (SSSR count). The van der Waals surface area contributed by atoms with Crippen LogP contribution in [-0.4, -0.2) is 17.0 Å². The molecule has 0 spiro atoms. The average molecular weight is 226 g/mol. The van der Waals surface area contributed by atoms with Crippen molar-refractivity contribution in [2.45, 2.75) is 13.0 Å². The van der Waals surface area contributed by atoms with Gasteiger partial charge in [-0.05, 0) is 25.1 Å². The Bertz CT molecular complexity index is 545. The van der Waals surface area contributed by atoms with E-state index in [0.717, 1.165) is 11.3 Å². The molecule has 2 heterocycles. The SMILES string of the molecule is CCN1C(=O)C(n2cccc2)c2ccccc21. The minimum atomic E-state index is -0.193. The van der Waals surface area contributed by atoms with Crippen LogP contribution in [0.15, 0.2) is 48.8 Å². The molecule has 3 nitrogen and oxygen atoms in total. The minimum Gasteiger partial charge on any atom is -0.338 e. The maximum atomic E-state index is 12.4. The van der Waals surface area contributed by atoms with Crippen molar-refractivity contribution in [3.63, 3.8) is 0 Å². The summed E-state index contributed by atoms with van der Waals surface area (Å²) in [7, 11) is 0. The second-order valence-corrected chi connectivity index (χ2v) is 4.17. The monoisotopic (exact) mass is 226 g/mol. The fourth-order valence-corrected chi connectivity index (χ4v) is 2.50. The fourth-order valence-electron chi connectivity index (χ4n) is 2.50. The van der Waals surface area contributed by atoms with Crippen molar-refractivity contribution in [3.05, 3.63) is 54.4 Å². The number of carbonyl (C=O) groups is 1. The predicted octanol–water partition coefficient (Wildman–Crippen LogP) is 2.44. The van der Waals surface area contributed by atoms with Gasteiger partial charge in [-0.1, -0.05) is 18.2 Å². The van der Waals surface area contributed by atoms with Gasteiger partial charge >= 0.3 is 0 Å². The molecule has 1 amide bonds. The second-order valence-electron chi connectivity index (χ2n) is 4.17. The topological polar surface area (TPSA) is 25.2 Å². The summed E-state index contributed by atoms with van der Waals surface area (Å²) in [5.74, 6) is 0.157. The van der Waals surface area contributed by atoms with Crippen molar-refractivity contribution in [1.82, 2.24) is 4.57 Å². The molecule has 1 aliphatic rings. The molecule has 17 heavy (non-hydrogen) atoms. The number of likely N-dealkylation sites (N-methyl/N-ethyl adjacent to an activating group) is 1. The number of hydrogen-bond acceptors (Lipinski definition) is 1. The molecule has 0 saturated heterocycles. The summed E-state index contributed by atoms with van der Waals surface area (Å²) in [6.07, 6.45) is 3.89. The van der Waals surface area contributed by atoms with Crippen molar-refractivity contribution < 1.29 is 4.79 Å². The molecule has 0 radical (unpaired) electrons. The highest BCUT2D eigenvalue weighted by molar-refractivity contribution is 6.04. The van der Waals surface area contributed by atoms with Gasteiger partial charge in [-0.3, -0.25) is 4.79 Å². The highest BCUT2D eigenvalue weighted by Gasteiger charge is 2.36. The quantitative estimate of drug-likeness (QED) is 0.772. The molecule has 2 aromatic rings. The van der Waals surface area contributed by atoms with Crippen LogP contribution in [-0.2, 0) is 4.79 Å². The summed E-state index contributed by atoms with van der Waals surface area (Å²) < 4.78 is 1.97. The number of aromatic nitrogens is 1. The van der Waals surface area contributed by atoms with Gasteiger partial charge in [0.25, 0.3) is 5.91 Å². The predicted molar refractivity (Wildman–Crippen MR) is 67.0 cm³/mol. The van der Waals surface area contributed by atoms with Crippen molar-refractivity contribution in [3.8, 4) is 0 Å². The Labute approximate surface area is 100 Å². The van der Waals surface area contributed by atoms with Gasteiger partial charge in [0.05, 0.1) is 0 Å². The van der Waals surface area contributed by atoms with E-state index in [0.29, 0.717) is 6.54 Å². The van der Waals surface area contributed by atoms with Gasteiger partial charge in [0.2, 0.25) is 0 Å². The number of hydrogen-bond donors (Lipinski definition) is 0. The molecular weight excluding hydrogens is 212 g/mol. The Hall–Kier alpha value is -2.03. The van der Waals surface area contributed by atoms with E-state index in [9.17, 15) is 4.79 Å². The van der Waals surface area contributed by atoms with Gasteiger partial charge in [-0.15, -0.1) is 0 Å². The normalized spacial score (nSPS) is 18.5. The van der Waals surface area contributed by atoms with E-state index in [2.05, 4.69) is 0 Å². The van der Waals surface area contributed by atoms with Crippen LogP contribution in [0, 0.1) is 0 Å². The van der Waals surface area contributed by atoms with Crippen LogP contribution in [0.4, 0.5) is 5.69 Å². The Morgan fingerprint density at radius 1 is 1.12 bits per heavy atom. The first-order valence-electron chi connectivity index (χ1n) is 5.85. The summed E-state index contributed by atoms with van der Waals surface area (Å²) in [6, 6.07) is 11.7. The third-order valence-corrected chi connectivity index (χ3v) is 3.26. The number of anilines is 1. The van der Waals surface area contributed by atoms with Gasteiger partial charge in [-0.2, -0.15) is 0 Å². The highest BCUT2D eigenvalue weighted by atomic mass is 16.2. The molecule has 1 aliphatic heterocycles. The van der Waals surface area contributed by atoms with Crippen molar-refractivity contribution in [1.29, 1.82) is 0 Å². The summed E-state index contributed by atoms with van der Waals surface area (Å²) in [6.45, 7) is 2.72. The number of benzene rings is 1. The van der Waals surface area contributed by atoms with Crippen molar-refractivity contribution in [2.24, 2.45) is 0 Å². The smallest absolute Gasteiger partial charge is 0.254 e. The van der Waals surface area contributed by atoms with E-state index in [4.69, 9.17) is 0 Å². The third kappa shape index (κ3) is 1.39. The molecule has 0 fully saturated rings. The summed E-state index contributed by atoms with van der Waals surface area (Å²) in [5, 5.41) is 0. The first-order chi connectivity index (χ1) is 8.33. The molecule has 1 atom stereocenters. The zero-order chi connectivity index (χ0) is 11.8.